The number of methoxy groups -OCH3 is 1. The summed E-state index contributed by atoms with van der Waals surface area (Å²) in [5.74, 6) is -0.519. The predicted octanol–water partition coefficient (Wildman–Crippen LogP) is 1.81. The van der Waals surface area contributed by atoms with Crippen LogP contribution in [0.3, 0.4) is 0 Å². The third-order valence-corrected chi connectivity index (χ3v) is 4.07. The fraction of sp³-hybridized carbons (Fsp3) is 0.389. The van der Waals surface area contributed by atoms with Crippen molar-refractivity contribution in [3.8, 4) is 0 Å². The van der Waals surface area contributed by atoms with Crippen LogP contribution in [-0.4, -0.2) is 29.6 Å². The zero-order chi connectivity index (χ0) is 18.4. The number of rotatable bonds is 7. The Bertz CT molecular complexity index is 793. The molecular formula is C18H22N2O5. The Morgan fingerprint density at radius 3 is 2.68 bits per heavy atom. The molecule has 2 unspecified atom stereocenters. The van der Waals surface area contributed by atoms with Gasteiger partial charge in [0.15, 0.2) is 5.76 Å². The third-order valence-electron chi connectivity index (χ3n) is 4.07. The number of hydrogen-bond acceptors (Lipinski definition) is 5. The van der Waals surface area contributed by atoms with E-state index in [9.17, 15) is 14.4 Å². The Kier molecular flexibility index (Phi) is 6.16. The molecule has 0 aliphatic rings. The monoisotopic (exact) mass is 346 g/mol. The van der Waals surface area contributed by atoms with Crippen LogP contribution in [0.15, 0.2) is 45.7 Å². The van der Waals surface area contributed by atoms with E-state index in [-0.39, 0.29) is 23.8 Å². The molecule has 0 aromatic carbocycles. The summed E-state index contributed by atoms with van der Waals surface area (Å²) in [5, 5.41) is 2.65. The Morgan fingerprint density at radius 1 is 1.28 bits per heavy atom. The fourth-order valence-electron chi connectivity index (χ4n) is 2.35. The lowest BCUT2D eigenvalue weighted by Gasteiger charge is -2.21. The fourth-order valence-corrected chi connectivity index (χ4v) is 2.35. The third kappa shape index (κ3) is 4.59. The minimum Gasteiger partial charge on any atom is -0.467 e. The number of nitrogens with one attached hydrogen (secondary N) is 1. The van der Waals surface area contributed by atoms with Gasteiger partial charge in [-0.1, -0.05) is 26.3 Å². The van der Waals surface area contributed by atoms with Crippen molar-refractivity contribution in [2.24, 2.45) is 5.92 Å². The van der Waals surface area contributed by atoms with E-state index in [0.717, 1.165) is 0 Å². The van der Waals surface area contributed by atoms with Gasteiger partial charge in [0.2, 0.25) is 0 Å². The average Bonchev–Trinajstić information content (AvgIpc) is 3.09. The number of furan rings is 1. The first-order chi connectivity index (χ1) is 12.0. The number of amides is 1. The molecule has 0 radical (unpaired) electrons. The van der Waals surface area contributed by atoms with Gasteiger partial charge in [-0.05, 0) is 24.1 Å². The molecule has 2 rings (SSSR count). The largest absolute Gasteiger partial charge is 0.467 e. The Labute approximate surface area is 145 Å². The standard InChI is InChI=1S/C18H22N2O5/c1-4-12(2)16(18(23)24-3)19-17(22)14-9-8-13(25-14)11-20-10-6-5-7-15(20)21/h5-10,12,16H,4,11H2,1-3H3,(H,19,22). The second-order valence-corrected chi connectivity index (χ2v) is 5.79. The molecule has 0 spiro atoms. The minimum absolute atomic E-state index is 0.0753. The molecule has 1 N–H and O–H groups in total. The van der Waals surface area contributed by atoms with Crippen molar-refractivity contribution in [1.82, 2.24) is 9.88 Å². The van der Waals surface area contributed by atoms with Gasteiger partial charge >= 0.3 is 5.97 Å². The van der Waals surface area contributed by atoms with Crippen molar-refractivity contribution < 1.29 is 18.7 Å². The topological polar surface area (TPSA) is 90.5 Å². The molecule has 2 aromatic heterocycles. The SMILES string of the molecule is CCC(C)C(NC(=O)c1ccc(Cn2ccccc2=O)o1)C(=O)OC. The van der Waals surface area contributed by atoms with E-state index in [4.69, 9.17) is 9.15 Å². The molecule has 7 heteroatoms. The number of ether oxygens (including phenoxy) is 1. The number of nitrogens with zero attached hydrogens (tertiary/aromatic N) is 1. The molecule has 1 amide bonds. The highest BCUT2D eigenvalue weighted by Crippen LogP contribution is 2.13. The molecular weight excluding hydrogens is 324 g/mol. The Hall–Kier alpha value is -2.83. The van der Waals surface area contributed by atoms with Crippen molar-refractivity contribution in [2.75, 3.05) is 7.11 Å². The van der Waals surface area contributed by atoms with Gasteiger partial charge in [0.05, 0.1) is 13.7 Å². The van der Waals surface area contributed by atoms with Crippen molar-refractivity contribution in [3.63, 3.8) is 0 Å². The van der Waals surface area contributed by atoms with Crippen LogP contribution < -0.4 is 10.9 Å². The summed E-state index contributed by atoms with van der Waals surface area (Å²) in [7, 11) is 1.28. The van der Waals surface area contributed by atoms with Gasteiger partial charge in [-0.25, -0.2) is 4.79 Å². The first-order valence-electron chi connectivity index (χ1n) is 8.09. The molecule has 2 heterocycles. The molecule has 0 saturated heterocycles. The van der Waals surface area contributed by atoms with Crippen molar-refractivity contribution in [2.45, 2.75) is 32.9 Å². The van der Waals surface area contributed by atoms with Crippen LogP contribution in [0, 0.1) is 5.92 Å². The molecule has 2 atom stereocenters. The molecule has 0 fully saturated rings. The maximum atomic E-state index is 12.3. The van der Waals surface area contributed by atoms with Gasteiger partial charge in [-0.2, -0.15) is 0 Å². The summed E-state index contributed by atoms with van der Waals surface area (Å²) in [6, 6.07) is 7.25. The number of carbonyl (C=O) groups excluding carboxylic acids is 2. The molecule has 0 saturated carbocycles. The predicted molar refractivity (Wildman–Crippen MR) is 91.2 cm³/mol. The lowest BCUT2D eigenvalue weighted by Crippen LogP contribution is -2.45. The molecule has 2 aromatic rings. The van der Waals surface area contributed by atoms with E-state index in [1.807, 2.05) is 13.8 Å². The van der Waals surface area contributed by atoms with E-state index < -0.39 is 17.9 Å². The van der Waals surface area contributed by atoms with E-state index in [1.54, 1.807) is 24.4 Å². The van der Waals surface area contributed by atoms with Crippen molar-refractivity contribution >= 4 is 11.9 Å². The molecule has 25 heavy (non-hydrogen) atoms. The van der Waals surface area contributed by atoms with Gasteiger partial charge in [-0.15, -0.1) is 0 Å². The summed E-state index contributed by atoms with van der Waals surface area (Å²) in [4.78, 5) is 35.9. The highest BCUT2D eigenvalue weighted by molar-refractivity contribution is 5.94. The van der Waals surface area contributed by atoms with Gasteiger partial charge in [0.25, 0.3) is 11.5 Å². The molecule has 0 bridgehead atoms. The van der Waals surface area contributed by atoms with Crippen LogP contribution in [0.2, 0.25) is 0 Å². The van der Waals surface area contributed by atoms with Crippen LogP contribution in [0.25, 0.3) is 0 Å². The van der Waals surface area contributed by atoms with Crippen LogP contribution >= 0.6 is 0 Å². The van der Waals surface area contributed by atoms with Crippen molar-refractivity contribution in [3.05, 3.63) is 58.4 Å². The average molecular weight is 346 g/mol. The lowest BCUT2D eigenvalue weighted by atomic mass is 9.99. The first-order valence-corrected chi connectivity index (χ1v) is 8.09. The normalized spacial score (nSPS) is 13.1. The van der Waals surface area contributed by atoms with Crippen molar-refractivity contribution in [1.29, 1.82) is 0 Å². The first kappa shape index (κ1) is 18.5. The van der Waals surface area contributed by atoms with E-state index in [0.29, 0.717) is 12.2 Å². The van der Waals surface area contributed by atoms with E-state index in [2.05, 4.69) is 5.32 Å². The lowest BCUT2D eigenvalue weighted by molar-refractivity contribution is -0.144. The van der Waals surface area contributed by atoms with Gasteiger partial charge in [0, 0.05) is 12.3 Å². The van der Waals surface area contributed by atoms with Crippen LogP contribution in [-0.2, 0) is 16.1 Å². The maximum Gasteiger partial charge on any atom is 0.328 e. The smallest absolute Gasteiger partial charge is 0.328 e. The summed E-state index contributed by atoms with van der Waals surface area (Å²) in [6.07, 6.45) is 2.35. The summed E-state index contributed by atoms with van der Waals surface area (Å²) < 4.78 is 11.7. The van der Waals surface area contributed by atoms with Crippen LogP contribution in [0.1, 0.15) is 36.6 Å². The highest BCUT2D eigenvalue weighted by atomic mass is 16.5. The number of aromatic nitrogens is 1. The minimum atomic E-state index is -0.743. The zero-order valence-corrected chi connectivity index (χ0v) is 14.5. The summed E-state index contributed by atoms with van der Waals surface area (Å²) >= 11 is 0. The summed E-state index contributed by atoms with van der Waals surface area (Å²) in [5.41, 5.74) is -0.160. The van der Waals surface area contributed by atoms with Crippen LogP contribution in [0.4, 0.5) is 0 Å². The molecule has 0 aliphatic heterocycles. The maximum absolute atomic E-state index is 12.3. The second-order valence-electron chi connectivity index (χ2n) is 5.79. The Balaban J connectivity index is 2.10. The number of carbonyl (C=O) groups is 2. The second kappa shape index (κ2) is 8.32. The number of pyridine rings is 1. The Morgan fingerprint density at radius 2 is 2.04 bits per heavy atom. The summed E-state index contributed by atoms with van der Waals surface area (Å²) in [6.45, 7) is 4.01. The molecule has 134 valence electrons. The molecule has 7 nitrogen and oxygen atoms in total. The highest BCUT2D eigenvalue weighted by Gasteiger charge is 2.28. The quantitative estimate of drug-likeness (QED) is 0.772. The number of esters is 1. The van der Waals surface area contributed by atoms with E-state index in [1.165, 1.54) is 23.8 Å². The van der Waals surface area contributed by atoms with E-state index >= 15 is 0 Å². The van der Waals surface area contributed by atoms with Gasteiger partial charge < -0.3 is 19.0 Å². The molecule has 0 aliphatic carbocycles. The number of hydrogen-bond donors (Lipinski definition) is 1. The van der Waals surface area contributed by atoms with Crippen LogP contribution in [0.5, 0.6) is 0 Å². The van der Waals surface area contributed by atoms with Gasteiger partial charge in [-0.3, -0.25) is 9.59 Å². The van der Waals surface area contributed by atoms with Gasteiger partial charge in [0.1, 0.15) is 11.8 Å². The zero-order valence-electron chi connectivity index (χ0n) is 14.5.